The first-order valence-electron chi connectivity index (χ1n) is 6.47. The Balaban J connectivity index is 1.79. The second-order valence-electron chi connectivity index (χ2n) is 4.52. The van der Waals surface area contributed by atoms with Gasteiger partial charge >= 0.3 is 0 Å². The Morgan fingerprint density at radius 2 is 2.44 bits per heavy atom. The molecule has 1 aliphatic heterocycles. The molecule has 2 aromatic heterocycles. The summed E-state index contributed by atoms with van der Waals surface area (Å²) in [6.45, 7) is 3.91. The minimum Gasteiger partial charge on any atom is -0.332 e. The van der Waals surface area contributed by atoms with Crippen molar-refractivity contribution in [3.8, 4) is 11.6 Å². The molecule has 1 aliphatic rings. The van der Waals surface area contributed by atoms with E-state index in [2.05, 4.69) is 20.6 Å². The molecule has 0 radical (unpaired) electrons. The normalized spacial score (nSPS) is 20.2. The van der Waals surface area contributed by atoms with Gasteiger partial charge in [0.2, 0.25) is 0 Å². The largest absolute Gasteiger partial charge is 0.332 e. The first kappa shape index (κ1) is 11.4. The molecule has 6 heteroatoms. The number of nitrogens with one attached hydrogen (secondary N) is 1. The van der Waals surface area contributed by atoms with Gasteiger partial charge in [-0.05, 0) is 32.4 Å². The maximum absolute atomic E-state index is 5.28. The zero-order valence-corrected chi connectivity index (χ0v) is 10.5. The highest BCUT2D eigenvalue weighted by Gasteiger charge is 2.21. The molecule has 1 fully saturated rings. The van der Waals surface area contributed by atoms with Crippen LogP contribution in [0.2, 0.25) is 0 Å². The molecule has 0 aromatic carbocycles. The molecule has 2 aromatic rings. The highest BCUT2D eigenvalue weighted by Crippen LogP contribution is 2.23. The van der Waals surface area contributed by atoms with E-state index < -0.39 is 0 Å². The van der Waals surface area contributed by atoms with Crippen LogP contribution in [0.5, 0.6) is 0 Å². The Bertz CT molecular complexity index is 512. The third-order valence-electron chi connectivity index (χ3n) is 3.25. The molecule has 1 saturated heterocycles. The van der Waals surface area contributed by atoms with Gasteiger partial charge in [0, 0.05) is 12.7 Å². The third kappa shape index (κ3) is 2.15. The maximum Gasteiger partial charge on any atom is 0.278 e. The quantitative estimate of drug-likeness (QED) is 0.895. The van der Waals surface area contributed by atoms with Crippen molar-refractivity contribution in [3.05, 3.63) is 18.1 Å². The first-order valence-corrected chi connectivity index (χ1v) is 6.47. The minimum atomic E-state index is 0.226. The van der Waals surface area contributed by atoms with E-state index in [4.69, 9.17) is 4.52 Å². The highest BCUT2D eigenvalue weighted by atomic mass is 16.5. The molecule has 0 bridgehead atoms. The van der Waals surface area contributed by atoms with Gasteiger partial charge in [-0.1, -0.05) is 11.6 Å². The average Bonchev–Trinajstić information content (AvgIpc) is 3.08. The van der Waals surface area contributed by atoms with E-state index in [1.54, 1.807) is 0 Å². The van der Waals surface area contributed by atoms with Gasteiger partial charge in [0.15, 0.2) is 11.5 Å². The van der Waals surface area contributed by atoms with Gasteiger partial charge in [-0.2, -0.15) is 10.1 Å². The second kappa shape index (κ2) is 4.89. The van der Waals surface area contributed by atoms with Crippen molar-refractivity contribution in [2.45, 2.75) is 38.8 Å². The number of hydrogen-bond acceptors (Lipinski definition) is 5. The summed E-state index contributed by atoms with van der Waals surface area (Å²) in [6, 6.07) is 2.12. The summed E-state index contributed by atoms with van der Waals surface area (Å²) >= 11 is 0. The number of nitrogens with zero attached hydrogens (tertiary/aromatic N) is 4. The van der Waals surface area contributed by atoms with Crippen LogP contribution in [-0.2, 0) is 6.54 Å². The zero-order valence-electron chi connectivity index (χ0n) is 10.5. The smallest absolute Gasteiger partial charge is 0.278 e. The number of hydrogen-bond donors (Lipinski definition) is 1. The molecule has 6 nitrogen and oxygen atoms in total. The molecule has 0 saturated carbocycles. The third-order valence-corrected chi connectivity index (χ3v) is 3.25. The van der Waals surface area contributed by atoms with E-state index in [1.807, 2.05) is 23.9 Å². The number of piperidine rings is 1. The molecule has 0 unspecified atom stereocenters. The van der Waals surface area contributed by atoms with Crippen molar-refractivity contribution < 1.29 is 4.52 Å². The summed E-state index contributed by atoms with van der Waals surface area (Å²) < 4.78 is 7.13. The SMILES string of the molecule is CCn1ccc(-c2nc([C@@H]3CCCCN3)no2)n1. The van der Waals surface area contributed by atoms with Crippen molar-refractivity contribution >= 4 is 0 Å². The monoisotopic (exact) mass is 247 g/mol. The molecule has 0 aliphatic carbocycles. The van der Waals surface area contributed by atoms with Crippen LogP contribution >= 0.6 is 0 Å². The number of rotatable bonds is 3. The molecule has 18 heavy (non-hydrogen) atoms. The van der Waals surface area contributed by atoms with Gasteiger partial charge < -0.3 is 9.84 Å². The van der Waals surface area contributed by atoms with Crippen molar-refractivity contribution in [1.29, 1.82) is 0 Å². The summed E-state index contributed by atoms with van der Waals surface area (Å²) in [5.74, 6) is 1.25. The van der Waals surface area contributed by atoms with Crippen molar-refractivity contribution in [3.63, 3.8) is 0 Å². The Morgan fingerprint density at radius 3 is 3.17 bits per heavy atom. The van der Waals surface area contributed by atoms with Gasteiger partial charge in [-0.15, -0.1) is 0 Å². The topological polar surface area (TPSA) is 68.8 Å². The van der Waals surface area contributed by atoms with E-state index in [0.29, 0.717) is 5.89 Å². The lowest BCUT2D eigenvalue weighted by Crippen LogP contribution is -2.27. The Kier molecular flexibility index (Phi) is 3.10. The predicted molar refractivity (Wildman–Crippen MR) is 65.8 cm³/mol. The van der Waals surface area contributed by atoms with Crippen molar-refractivity contribution in [1.82, 2.24) is 25.2 Å². The molecule has 0 spiro atoms. The van der Waals surface area contributed by atoms with E-state index in [0.717, 1.165) is 31.0 Å². The minimum absolute atomic E-state index is 0.226. The van der Waals surface area contributed by atoms with Crippen molar-refractivity contribution in [2.75, 3.05) is 6.54 Å². The van der Waals surface area contributed by atoms with Gasteiger partial charge in [-0.25, -0.2) is 0 Å². The lowest BCUT2D eigenvalue weighted by Gasteiger charge is -2.19. The molecule has 1 atom stereocenters. The van der Waals surface area contributed by atoms with Gasteiger partial charge in [0.25, 0.3) is 5.89 Å². The van der Waals surface area contributed by atoms with E-state index in [1.165, 1.54) is 12.8 Å². The fraction of sp³-hybridized carbons (Fsp3) is 0.583. The van der Waals surface area contributed by atoms with Gasteiger partial charge in [-0.3, -0.25) is 4.68 Å². The predicted octanol–water partition coefficient (Wildman–Crippen LogP) is 1.77. The van der Waals surface area contributed by atoms with Crippen LogP contribution in [0.1, 0.15) is 38.1 Å². The molecule has 96 valence electrons. The number of aryl methyl sites for hydroxylation is 1. The van der Waals surface area contributed by atoms with Gasteiger partial charge in [0.1, 0.15) is 0 Å². The Hall–Kier alpha value is -1.69. The van der Waals surface area contributed by atoms with Crippen LogP contribution in [0, 0.1) is 0 Å². The second-order valence-corrected chi connectivity index (χ2v) is 4.52. The standard InChI is InChI=1S/C12H17N5O/c1-2-17-8-6-10(15-17)12-14-11(16-18-12)9-5-3-4-7-13-9/h6,8-9,13H,2-5,7H2,1H3/t9-/m0/s1. The Morgan fingerprint density at radius 1 is 1.50 bits per heavy atom. The summed E-state index contributed by atoms with van der Waals surface area (Å²) in [7, 11) is 0. The zero-order chi connectivity index (χ0) is 12.4. The fourth-order valence-electron chi connectivity index (χ4n) is 2.20. The fourth-order valence-corrected chi connectivity index (χ4v) is 2.20. The van der Waals surface area contributed by atoms with Crippen LogP contribution < -0.4 is 5.32 Å². The molecular formula is C12H17N5O. The van der Waals surface area contributed by atoms with E-state index in [-0.39, 0.29) is 6.04 Å². The molecule has 1 N–H and O–H groups in total. The molecule has 0 amide bonds. The molecular weight excluding hydrogens is 230 g/mol. The lowest BCUT2D eigenvalue weighted by atomic mass is 10.0. The summed E-state index contributed by atoms with van der Waals surface area (Å²) in [5, 5.41) is 11.8. The lowest BCUT2D eigenvalue weighted by molar-refractivity contribution is 0.366. The molecule has 3 rings (SSSR count). The first-order chi connectivity index (χ1) is 8.86. The van der Waals surface area contributed by atoms with E-state index >= 15 is 0 Å². The highest BCUT2D eigenvalue weighted by molar-refractivity contribution is 5.44. The van der Waals surface area contributed by atoms with Crippen LogP contribution in [-0.4, -0.2) is 26.5 Å². The molecule has 3 heterocycles. The van der Waals surface area contributed by atoms with Crippen LogP contribution in [0.3, 0.4) is 0 Å². The van der Waals surface area contributed by atoms with E-state index in [9.17, 15) is 0 Å². The Labute approximate surface area is 105 Å². The van der Waals surface area contributed by atoms with Crippen LogP contribution in [0.15, 0.2) is 16.8 Å². The van der Waals surface area contributed by atoms with Gasteiger partial charge in [0.05, 0.1) is 6.04 Å². The number of aromatic nitrogens is 4. The average molecular weight is 247 g/mol. The van der Waals surface area contributed by atoms with Crippen molar-refractivity contribution in [2.24, 2.45) is 0 Å². The van der Waals surface area contributed by atoms with Crippen LogP contribution in [0.25, 0.3) is 11.6 Å². The maximum atomic E-state index is 5.28. The summed E-state index contributed by atoms with van der Waals surface area (Å²) in [5.41, 5.74) is 0.742. The summed E-state index contributed by atoms with van der Waals surface area (Å²) in [6.07, 6.45) is 5.43. The van der Waals surface area contributed by atoms with Crippen LogP contribution in [0.4, 0.5) is 0 Å². The summed E-state index contributed by atoms with van der Waals surface area (Å²) in [4.78, 5) is 4.44.